The molecule has 4 aromatic rings. The van der Waals surface area contributed by atoms with Crippen LogP contribution < -0.4 is 30.7 Å². The van der Waals surface area contributed by atoms with E-state index in [2.05, 4.69) is 62.4 Å². The van der Waals surface area contributed by atoms with Crippen molar-refractivity contribution < 1.29 is 35.9 Å². The van der Waals surface area contributed by atoms with E-state index in [1.54, 1.807) is 36.4 Å². The Morgan fingerprint density at radius 2 is 0.976 bits per heavy atom. The predicted molar refractivity (Wildman–Crippen MR) is 315 cm³/mol. The summed E-state index contributed by atoms with van der Waals surface area (Å²) in [6.07, 6.45) is 2.66. The molecule has 2 saturated heterocycles. The summed E-state index contributed by atoms with van der Waals surface area (Å²) in [4.78, 5) is 33.6. The van der Waals surface area contributed by atoms with Gasteiger partial charge in [-0.2, -0.15) is 10.5 Å². The fourth-order valence-electron chi connectivity index (χ4n) is 11.5. The minimum Gasteiger partial charge on any atom is -0.378 e. The fourth-order valence-corrected chi connectivity index (χ4v) is 14.6. The molecule has 20 nitrogen and oxygen atoms in total. The average molecular weight is 1200 g/mol. The fraction of sp³-hybridized carbons (Fsp3) is 0.517. The van der Waals surface area contributed by atoms with Crippen LogP contribution in [-0.2, 0) is 42.6 Å². The first-order valence-corrected chi connectivity index (χ1v) is 31.7. The molecule has 8 rings (SSSR count). The first kappa shape index (κ1) is 62.6. The lowest BCUT2D eigenvalue weighted by Crippen LogP contribution is -2.39. The Labute approximate surface area is 493 Å². The Hall–Kier alpha value is -5.44. The van der Waals surface area contributed by atoms with Gasteiger partial charge in [0.2, 0.25) is 20.0 Å². The Kier molecular flexibility index (Phi) is 22.1. The molecule has 4 heterocycles. The molecule has 4 aliphatic heterocycles. The van der Waals surface area contributed by atoms with E-state index in [-0.39, 0.29) is 45.8 Å². The highest BCUT2D eigenvalue weighted by Crippen LogP contribution is 2.40. The number of aryl methyl sites for hydroxylation is 2. The number of benzene rings is 4. The number of urea groups is 2. The van der Waals surface area contributed by atoms with Crippen LogP contribution >= 0.6 is 23.2 Å². The average Bonchev–Trinajstić information content (AvgIpc) is 4.15. The van der Waals surface area contributed by atoms with Crippen LogP contribution in [0.15, 0.2) is 70.5 Å². The molecule has 0 radical (unpaired) electrons. The summed E-state index contributed by atoms with van der Waals surface area (Å²) in [6.45, 7) is 13.3. The van der Waals surface area contributed by atoms with Gasteiger partial charge in [0, 0.05) is 113 Å². The number of rotatable bonds is 25. The number of nitrogens with one attached hydrogen (secondary N) is 6. The number of carbonyl (C=O) groups excluding carboxylic acids is 2. The number of likely N-dealkylation sites (N-methyl/N-ethyl adjacent to an activating group) is 2. The van der Waals surface area contributed by atoms with Gasteiger partial charge in [-0.05, 0) is 160 Å². The summed E-state index contributed by atoms with van der Waals surface area (Å²) in [7, 11) is -3.66. The smallest absolute Gasteiger partial charge is 0.314 e. The molecule has 2 unspecified atom stereocenters. The molecule has 0 aromatic heterocycles. The summed E-state index contributed by atoms with van der Waals surface area (Å²) in [5.41, 5.74) is 8.51. The van der Waals surface area contributed by atoms with Crippen molar-refractivity contribution in [1.82, 2.24) is 50.3 Å². The van der Waals surface area contributed by atoms with Gasteiger partial charge in [0.05, 0.1) is 59.5 Å². The number of hydrogen-bond acceptors (Lipinski definition) is 14. The van der Waals surface area contributed by atoms with Crippen LogP contribution in [-0.4, -0.2) is 180 Å². The molecule has 2 fully saturated rings. The van der Waals surface area contributed by atoms with E-state index in [0.29, 0.717) is 152 Å². The van der Waals surface area contributed by atoms with Crippen LogP contribution in [0.25, 0.3) is 0 Å². The van der Waals surface area contributed by atoms with Crippen molar-refractivity contribution in [3.05, 3.63) is 126 Å². The van der Waals surface area contributed by atoms with Crippen molar-refractivity contribution in [1.29, 1.82) is 10.5 Å². The second-order valence-corrected chi connectivity index (χ2v) is 26.2. The van der Waals surface area contributed by atoms with Crippen molar-refractivity contribution in [2.75, 3.05) is 119 Å². The molecule has 442 valence electrons. The molecule has 6 N–H and O–H groups in total. The minimum absolute atomic E-state index is 0.148. The lowest BCUT2D eigenvalue weighted by molar-refractivity contribution is 0.113. The van der Waals surface area contributed by atoms with Crippen LogP contribution in [0.3, 0.4) is 0 Å². The van der Waals surface area contributed by atoms with Crippen LogP contribution in [0.4, 0.5) is 9.59 Å². The molecule has 4 aromatic carbocycles. The zero-order chi connectivity index (χ0) is 58.6. The molecule has 0 saturated carbocycles. The molecular formula is C58H76Cl2N12O8S2. The number of amides is 4. The third-order valence-corrected chi connectivity index (χ3v) is 19.2. The third kappa shape index (κ3) is 16.7. The van der Waals surface area contributed by atoms with Crippen LogP contribution in [0, 0.1) is 36.5 Å². The van der Waals surface area contributed by atoms with Crippen molar-refractivity contribution in [3.63, 3.8) is 0 Å². The SMILES string of the molecule is Cc1ccc(S(=O)(=O)N[C@H]2CCN(CCOCCNC(=O)NCCCCNC(=O)NCCOCCN3CC[C@H](NS(=O)(=O)c4ccc(C)c(C5CN(C)Cc6c(C#N)cc(Cl)cc65)c4)C3)C2)cc1C1CN(C)Cc2c(C#N)cc(Cl)cc21. The molecule has 82 heavy (non-hydrogen) atoms. The minimum atomic E-state index is -3.82. The molecular weight excluding hydrogens is 1130 g/mol. The van der Waals surface area contributed by atoms with Gasteiger partial charge in [0.1, 0.15) is 0 Å². The normalized spacial score (nSPS) is 19.7. The van der Waals surface area contributed by atoms with E-state index >= 15 is 0 Å². The Morgan fingerprint density at radius 1 is 0.573 bits per heavy atom. The standard InChI is InChI=1S/C58H76Cl2N12O8S2/c1-39-7-9-47(29-49(39)55-37-69(3)35-53-41(31-61)25-43(59)27-51(53)55)81(75,76)67-45-11-17-71(33-45)19-23-79-21-15-65-57(73)63-13-5-6-14-64-58(74)66-16-22-80-24-20-72-18-12-46(34-72)68-82(77,78)48-10-8-40(2)50(30-48)56-38-70(4)36-54-42(32-62)26-44(60)28-52(54)56/h7-10,25-30,45-46,55-56,67-68H,5-6,11-24,33-38H2,1-4H3,(H2,63,65,73)(H2,64,66,74)/t45-,46-,55?,56?/m0/s1. The maximum atomic E-state index is 13.7. The Bertz CT molecular complexity index is 3040. The topological polar surface area (TPSA) is 254 Å². The molecule has 0 spiro atoms. The molecule has 0 aliphatic carbocycles. The van der Waals surface area contributed by atoms with E-state index in [1.165, 1.54) is 0 Å². The molecule has 4 aliphatic rings. The number of nitriles is 2. The number of ether oxygens (including phenoxy) is 2. The van der Waals surface area contributed by atoms with Gasteiger partial charge < -0.3 is 40.5 Å². The van der Waals surface area contributed by atoms with Gasteiger partial charge in [0.25, 0.3) is 0 Å². The lowest BCUT2D eigenvalue weighted by atomic mass is 9.81. The number of likely N-dealkylation sites (tertiary alicyclic amines) is 2. The summed E-state index contributed by atoms with van der Waals surface area (Å²) >= 11 is 12.9. The van der Waals surface area contributed by atoms with Gasteiger partial charge in [-0.1, -0.05) is 35.3 Å². The predicted octanol–water partition coefficient (Wildman–Crippen LogP) is 5.33. The first-order valence-electron chi connectivity index (χ1n) is 28.0. The van der Waals surface area contributed by atoms with Crippen molar-refractivity contribution >= 4 is 55.3 Å². The number of fused-ring (bicyclic) bond motifs is 2. The zero-order valence-corrected chi connectivity index (χ0v) is 50.3. The van der Waals surface area contributed by atoms with Crippen molar-refractivity contribution in [2.45, 2.75) is 86.3 Å². The second-order valence-electron chi connectivity index (χ2n) is 21.9. The first-order chi connectivity index (χ1) is 39.3. The summed E-state index contributed by atoms with van der Waals surface area (Å²) in [5, 5.41) is 31.8. The number of hydrogen-bond donors (Lipinski definition) is 6. The Morgan fingerprint density at radius 3 is 1.38 bits per heavy atom. The van der Waals surface area contributed by atoms with Gasteiger partial charge in [-0.3, -0.25) is 9.80 Å². The molecule has 0 bridgehead atoms. The zero-order valence-electron chi connectivity index (χ0n) is 47.2. The molecule has 4 atom stereocenters. The molecule has 24 heteroatoms. The summed E-state index contributed by atoms with van der Waals surface area (Å²) in [5.74, 6) is -0.296. The van der Waals surface area contributed by atoms with E-state index < -0.39 is 20.0 Å². The van der Waals surface area contributed by atoms with Gasteiger partial charge in [0.15, 0.2) is 0 Å². The van der Waals surface area contributed by atoms with Crippen molar-refractivity contribution in [3.8, 4) is 12.1 Å². The van der Waals surface area contributed by atoms with E-state index in [4.69, 9.17) is 32.7 Å². The summed E-state index contributed by atoms with van der Waals surface area (Å²) < 4.78 is 72.2. The van der Waals surface area contributed by atoms with Crippen LogP contribution in [0.2, 0.25) is 10.0 Å². The number of sulfonamides is 2. The van der Waals surface area contributed by atoms with E-state index in [9.17, 15) is 36.9 Å². The second kappa shape index (κ2) is 28.9. The van der Waals surface area contributed by atoms with Crippen LogP contribution in [0.1, 0.15) is 93.2 Å². The quantitative estimate of drug-likeness (QED) is 0.0460. The van der Waals surface area contributed by atoms with Gasteiger partial charge >= 0.3 is 12.1 Å². The highest BCUT2D eigenvalue weighted by atomic mass is 35.5. The lowest BCUT2D eigenvalue weighted by Gasteiger charge is -2.34. The third-order valence-electron chi connectivity index (χ3n) is 15.7. The van der Waals surface area contributed by atoms with Crippen LogP contribution in [0.5, 0.6) is 0 Å². The van der Waals surface area contributed by atoms with E-state index in [1.807, 2.05) is 52.2 Å². The van der Waals surface area contributed by atoms with Crippen molar-refractivity contribution in [2.24, 2.45) is 0 Å². The highest BCUT2D eigenvalue weighted by molar-refractivity contribution is 7.89. The molecule has 4 amide bonds. The highest BCUT2D eigenvalue weighted by Gasteiger charge is 2.34. The number of carbonyl (C=O) groups is 2. The van der Waals surface area contributed by atoms with E-state index in [0.717, 1.165) is 57.6 Å². The monoisotopic (exact) mass is 1200 g/mol. The van der Waals surface area contributed by atoms with Gasteiger partial charge in [-0.25, -0.2) is 35.9 Å². The summed E-state index contributed by atoms with van der Waals surface area (Å²) in [6, 6.07) is 21.1. The number of nitrogens with zero attached hydrogens (tertiary/aromatic N) is 6. The number of halogens is 2. The maximum Gasteiger partial charge on any atom is 0.314 e. The largest absolute Gasteiger partial charge is 0.378 e. The number of unbranched alkanes of at least 4 members (excludes halogenated alkanes) is 1. The Balaban J connectivity index is 0.624. The van der Waals surface area contributed by atoms with Gasteiger partial charge in [-0.15, -0.1) is 0 Å². The maximum absolute atomic E-state index is 13.7.